The van der Waals surface area contributed by atoms with E-state index in [9.17, 15) is 0 Å². The van der Waals surface area contributed by atoms with E-state index in [0.717, 1.165) is 0 Å². The van der Waals surface area contributed by atoms with Crippen LogP contribution in [0.3, 0.4) is 0 Å². The van der Waals surface area contributed by atoms with Gasteiger partial charge in [-0.25, -0.2) is 0 Å². The van der Waals surface area contributed by atoms with Crippen molar-refractivity contribution in [2.75, 3.05) is 21.3 Å². The number of methoxy groups -OCH3 is 3. The van der Waals surface area contributed by atoms with Crippen LogP contribution in [0.5, 0.6) is 5.75 Å². The number of para-hydroxylation sites is 1. The highest BCUT2D eigenvalue weighted by molar-refractivity contribution is 5.98. The van der Waals surface area contributed by atoms with Crippen molar-refractivity contribution < 1.29 is 18.6 Å². The molecular formula is C10H13O4Si. The first-order valence-corrected chi connectivity index (χ1v) is 4.73. The van der Waals surface area contributed by atoms with E-state index in [-0.39, 0.29) is 0 Å². The van der Waals surface area contributed by atoms with Crippen molar-refractivity contribution in [1.29, 1.82) is 0 Å². The molecule has 1 rings (SSSR count). The van der Waals surface area contributed by atoms with E-state index in [1.54, 1.807) is 19.2 Å². The van der Waals surface area contributed by atoms with Gasteiger partial charge in [-0.2, -0.15) is 0 Å². The normalized spacial score (nSPS) is 11.5. The number of hydrogen-bond acceptors (Lipinski definition) is 4. The summed E-state index contributed by atoms with van der Waals surface area (Å²) >= 11 is 0. The highest BCUT2D eigenvalue weighted by atomic mass is 28.2. The van der Waals surface area contributed by atoms with Crippen molar-refractivity contribution >= 4 is 10.5 Å². The van der Waals surface area contributed by atoms with Crippen LogP contribution < -0.4 is 4.74 Å². The first-order valence-electron chi connectivity index (χ1n) is 4.32. The van der Waals surface area contributed by atoms with Crippen LogP contribution in [-0.2, 0) is 19.9 Å². The Hall–Kier alpha value is -0.883. The second-order valence-electron chi connectivity index (χ2n) is 2.77. The van der Waals surface area contributed by atoms with Crippen molar-refractivity contribution in [3.8, 4) is 5.75 Å². The fourth-order valence-corrected chi connectivity index (χ4v) is 1.62. The van der Waals surface area contributed by atoms with E-state index in [2.05, 4.69) is 10.5 Å². The quantitative estimate of drug-likeness (QED) is 0.557. The van der Waals surface area contributed by atoms with Gasteiger partial charge in [0.25, 0.3) is 10.5 Å². The van der Waals surface area contributed by atoms with Gasteiger partial charge in [-0.05, 0) is 12.1 Å². The number of ether oxygens (including phenoxy) is 3. The van der Waals surface area contributed by atoms with Gasteiger partial charge in [0, 0.05) is 14.2 Å². The van der Waals surface area contributed by atoms with Gasteiger partial charge in [0.05, 0.1) is 12.7 Å². The van der Waals surface area contributed by atoms with Crippen LogP contribution in [0.4, 0.5) is 0 Å². The van der Waals surface area contributed by atoms with Crippen LogP contribution in [0, 0.1) is 0 Å². The third-order valence-corrected chi connectivity index (χ3v) is 2.38. The van der Waals surface area contributed by atoms with Gasteiger partial charge in [0.15, 0.2) is 0 Å². The van der Waals surface area contributed by atoms with Gasteiger partial charge < -0.3 is 18.6 Å². The summed E-state index contributed by atoms with van der Waals surface area (Å²) in [7, 11) is 7.48. The van der Waals surface area contributed by atoms with Crippen molar-refractivity contribution in [1.82, 2.24) is 0 Å². The molecule has 0 saturated heterocycles. The van der Waals surface area contributed by atoms with Crippen molar-refractivity contribution in [2.24, 2.45) is 0 Å². The minimum absolute atomic E-state index is 0.624. The summed E-state index contributed by atoms with van der Waals surface area (Å²) < 4.78 is 20.6. The standard InChI is InChI=1S/C10H13O4Si/c1-11-9-7-5-4-6-8(9)10(12-2,13-3)14-15/h4-7H,1-3H3. The van der Waals surface area contributed by atoms with Crippen molar-refractivity contribution in [3.05, 3.63) is 29.8 Å². The Morgan fingerprint density at radius 3 is 2.13 bits per heavy atom. The Balaban J connectivity index is 3.21. The zero-order valence-corrected chi connectivity index (χ0v) is 9.94. The van der Waals surface area contributed by atoms with Gasteiger partial charge in [-0.15, -0.1) is 0 Å². The van der Waals surface area contributed by atoms with Crippen molar-refractivity contribution in [3.63, 3.8) is 0 Å². The smallest absolute Gasteiger partial charge is 0.305 e. The molecule has 1 aromatic rings. The van der Waals surface area contributed by atoms with Crippen LogP contribution in [0.1, 0.15) is 5.56 Å². The molecule has 0 N–H and O–H groups in total. The zero-order valence-electron chi connectivity index (χ0n) is 8.94. The van der Waals surface area contributed by atoms with Gasteiger partial charge in [-0.3, -0.25) is 0 Å². The molecular weight excluding hydrogens is 212 g/mol. The Kier molecular flexibility index (Phi) is 4.28. The number of benzene rings is 1. The lowest BCUT2D eigenvalue weighted by atomic mass is 10.1. The molecule has 0 atom stereocenters. The molecule has 5 heteroatoms. The second kappa shape index (κ2) is 5.27. The molecule has 0 aliphatic heterocycles. The van der Waals surface area contributed by atoms with Crippen LogP contribution >= 0.6 is 0 Å². The van der Waals surface area contributed by atoms with E-state index in [4.69, 9.17) is 18.6 Å². The summed E-state index contributed by atoms with van der Waals surface area (Å²) in [5.74, 6) is -0.678. The lowest BCUT2D eigenvalue weighted by Gasteiger charge is -2.30. The SMILES string of the molecule is COc1ccccc1C(OC)(OC)O[Si]. The van der Waals surface area contributed by atoms with Gasteiger partial charge in [-0.1, -0.05) is 12.1 Å². The van der Waals surface area contributed by atoms with E-state index in [0.29, 0.717) is 11.3 Å². The zero-order chi connectivity index (χ0) is 11.3. The second-order valence-corrected chi connectivity index (χ2v) is 2.97. The molecule has 0 unspecified atom stereocenters. The first-order chi connectivity index (χ1) is 7.24. The highest BCUT2D eigenvalue weighted by Crippen LogP contribution is 2.33. The summed E-state index contributed by atoms with van der Waals surface area (Å²) in [4.78, 5) is 0. The van der Waals surface area contributed by atoms with E-state index >= 15 is 0 Å². The maximum atomic E-state index is 5.20. The maximum absolute atomic E-state index is 5.20. The molecule has 0 spiro atoms. The predicted molar refractivity (Wildman–Crippen MR) is 55.5 cm³/mol. The lowest BCUT2D eigenvalue weighted by Crippen LogP contribution is -2.33. The predicted octanol–water partition coefficient (Wildman–Crippen LogP) is 1.20. The Morgan fingerprint density at radius 1 is 1.07 bits per heavy atom. The molecule has 0 amide bonds. The molecule has 3 radical (unpaired) electrons. The van der Waals surface area contributed by atoms with Crippen LogP contribution in [-0.4, -0.2) is 31.8 Å². The summed E-state index contributed by atoms with van der Waals surface area (Å²) in [6, 6.07) is 7.29. The average Bonchev–Trinajstić information content (AvgIpc) is 2.33. The molecule has 0 aliphatic rings. The third-order valence-electron chi connectivity index (χ3n) is 2.11. The summed E-state index contributed by atoms with van der Waals surface area (Å²) in [6.07, 6.45) is 0. The van der Waals surface area contributed by atoms with Crippen molar-refractivity contribution in [2.45, 2.75) is 5.97 Å². The number of rotatable bonds is 5. The van der Waals surface area contributed by atoms with Gasteiger partial charge in [0.2, 0.25) is 0 Å². The molecule has 81 valence electrons. The molecule has 1 aromatic carbocycles. The molecule has 0 aliphatic carbocycles. The molecule has 4 nitrogen and oxygen atoms in total. The lowest BCUT2D eigenvalue weighted by molar-refractivity contribution is -0.334. The number of hydrogen-bond donors (Lipinski definition) is 0. The van der Waals surface area contributed by atoms with Gasteiger partial charge >= 0.3 is 5.97 Å². The van der Waals surface area contributed by atoms with E-state index in [1.165, 1.54) is 14.2 Å². The molecule has 0 bridgehead atoms. The molecule has 0 aromatic heterocycles. The fraction of sp³-hybridized carbons (Fsp3) is 0.400. The summed E-state index contributed by atoms with van der Waals surface area (Å²) in [6.45, 7) is 0. The molecule has 0 fully saturated rings. The van der Waals surface area contributed by atoms with E-state index in [1.807, 2.05) is 12.1 Å². The third kappa shape index (κ3) is 2.20. The molecule has 0 saturated carbocycles. The Labute approximate surface area is 92.6 Å². The Morgan fingerprint density at radius 2 is 1.67 bits per heavy atom. The van der Waals surface area contributed by atoms with Crippen LogP contribution in [0.25, 0.3) is 0 Å². The van der Waals surface area contributed by atoms with Crippen LogP contribution in [0.15, 0.2) is 24.3 Å². The maximum Gasteiger partial charge on any atom is 0.305 e. The molecule has 15 heavy (non-hydrogen) atoms. The Bertz CT molecular complexity index is 304. The highest BCUT2D eigenvalue weighted by Gasteiger charge is 2.34. The monoisotopic (exact) mass is 225 g/mol. The fourth-order valence-electron chi connectivity index (χ4n) is 1.34. The van der Waals surface area contributed by atoms with Gasteiger partial charge in [0.1, 0.15) is 5.75 Å². The largest absolute Gasteiger partial charge is 0.496 e. The minimum Gasteiger partial charge on any atom is -0.496 e. The summed E-state index contributed by atoms with van der Waals surface area (Å²) in [5, 5.41) is 0. The first kappa shape index (κ1) is 12.2. The summed E-state index contributed by atoms with van der Waals surface area (Å²) in [5.41, 5.74) is 0.646. The van der Waals surface area contributed by atoms with E-state index < -0.39 is 5.97 Å². The average molecular weight is 225 g/mol. The minimum atomic E-state index is -1.30. The topological polar surface area (TPSA) is 36.9 Å². The van der Waals surface area contributed by atoms with Crippen LogP contribution in [0.2, 0.25) is 0 Å². The molecule has 0 heterocycles.